The van der Waals surface area contributed by atoms with E-state index in [0.29, 0.717) is 17.9 Å². The Morgan fingerprint density at radius 2 is 1.94 bits per heavy atom. The first kappa shape index (κ1) is 22.3. The Kier molecular flexibility index (Phi) is 7.58. The van der Waals surface area contributed by atoms with Crippen LogP contribution in [-0.4, -0.2) is 12.1 Å². The van der Waals surface area contributed by atoms with Crippen molar-refractivity contribution in [3.63, 3.8) is 0 Å². The zero-order valence-corrected chi connectivity index (χ0v) is 18.9. The van der Waals surface area contributed by atoms with Gasteiger partial charge in [0.2, 0.25) is 5.91 Å². The van der Waals surface area contributed by atoms with E-state index in [2.05, 4.69) is 32.5 Å². The molecule has 0 unspecified atom stereocenters. The van der Waals surface area contributed by atoms with Gasteiger partial charge in [-0.2, -0.15) is 10.4 Å². The van der Waals surface area contributed by atoms with Crippen LogP contribution in [0.1, 0.15) is 33.4 Å². The first-order chi connectivity index (χ1) is 15.0. The Labute approximate surface area is 190 Å². The third-order valence-corrected chi connectivity index (χ3v) is 5.44. The monoisotopic (exact) mass is 475 g/mol. The van der Waals surface area contributed by atoms with Gasteiger partial charge in [0.05, 0.1) is 28.7 Å². The SMILES string of the molecule is Cc1ccc(CC(=O)N/N=C\c2ccc(OCc3ccccc3C#N)c(Br)c2)cc1C. The van der Waals surface area contributed by atoms with Gasteiger partial charge in [-0.15, -0.1) is 0 Å². The molecule has 156 valence electrons. The Balaban J connectivity index is 1.55. The molecule has 0 saturated heterocycles. The van der Waals surface area contributed by atoms with Crippen LogP contribution in [0.5, 0.6) is 5.75 Å². The number of nitrogens with zero attached hydrogens (tertiary/aromatic N) is 2. The van der Waals surface area contributed by atoms with Crippen molar-refractivity contribution in [3.05, 3.63) is 98.5 Å². The second kappa shape index (κ2) is 10.6. The van der Waals surface area contributed by atoms with Gasteiger partial charge in [-0.1, -0.05) is 36.4 Å². The molecule has 0 aromatic heterocycles. The molecule has 5 nitrogen and oxygen atoms in total. The van der Waals surface area contributed by atoms with Gasteiger partial charge in [-0.25, -0.2) is 5.43 Å². The number of benzene rings is 3. The maximum absolute atomic E-state index is 12.1. The van der Waals surface area contributed by atoms with E-state index in [-0.39, 0.29) is 12.3 Å². The molecule has 0 saturated carbocycles. The highest BCUT2D eigenvalue weighted by Gasteiger charge is 2.06. The molecule has 0 radical (unpaired) electrons. The number of hydrogen-bond donors (Lipinski definition) is 1. The van der Waals surface area contributed by atoms with Crippen LogP contribution in [0.25, 0.3) is 0 Å². The van der Waals surface area contributed by atoms with Crippen LogP contribution in [0.15, 0.2) is 70.2 Å². The predicted molar refractivity (Wildman–Crippen MR) is 125 cm³/mol. The van der Waals surface area contributed by atoms with Crippen molar-refractivity contribution >= 4 is 28.1 Å². The number of nitriles is 1. The third kappa shape index (κ3) is 6.27. The summed E-state index contributed by atoms with van der Waals surface area (Å²) in [6.07, 6.45) is 1.86. The fraction of sp³-hybridized carbons (Fsp3) is 0.160. The van der Waals surface area contributed by atoms with Crippen LogP contribution in [-0.2, 0) is 17.8 Å². The number of aryl methyl sites for hydroxylation is 2. The number of hydrogen-bond acceptors (Lipinski definition) is 4. The van der Waals surface area contributed by atoms with Crippen LogP contribution in [0.4, 0.5) is 0 Å². The Hall–Kier alpha value is -3.43. The van der Waals surface area contributed by atoms with E-state index in [1.54, 1.807) is 12.3 Å². The molecule has 0 aliphatic rings. The molecule has 3 rings (SSSR count). The smallest absolute Gasteiger partial charge is 0.244 e. The predicted octanol–water partition coefficient (Wildman–Crippen LogP) is 5.21. The highest BCUT2D eigenvalue weighted by molar-refractivity contribution is 9.10. The van der Waals surface area contributed by atoms with Gasteiger partial charge in [0.1, 0.15) is 12.4 Å². The number of ether oxygens (including phenoxy) is 1. The second-order valence-corrected chi connectivity index (χ2v) is 7.99. The molecule has 0 aliphatic carbocycles. The number of carbonyl (C=O) groups is 1. The Morgan fingerprint density at radius 3 is 2.68 bits per heavy atom. The molecule has 3 aromatic rings. The highest BCUT2D eigenvalue weighted by Crippen LogP contribution is 2.26. The van der Waals surface area contributed by atoms with Gasteiger partial charge < -0.3 is 4.74 Å². The average molecular weight is 476 g/mol. The molecular weight excluding hydrogens is 454 g/mol. The van der Waals surface area contributed by atoms with Crippen LogP contribution >= 0.6 is 15.9 Å². The van der Waals surface area contributed by atoms with Crippen molar-refractivity contribution in [2.24, 2.45) is 5.10 Å². The lowest BCUT2D eigenvalue weighted by atomic mass is 10.0. The molecule has 3 aromatic carbocycles. The fourth-order valence-electron chi connectivity index (χ4n) is 2.94. The molecule has 1 amide bonds. The lowest BCUT2D eigenvalue weighted by molar-refractivity contribution is -0.120. The largest absolute Gasteiger partial charge is 0.488 e. The maximum Gasteiger partial charge on any atom is 0.244 e. The molecule has 31 heavy (non-hydrogen) atoms. The van der Waals surface area contributed by atoms with E-state index < -0.39 is 0 Å². The minimum atomic E-state index is -0.172. The summed E-state index contributed by atoms with van der Waals surface area (Å²) in [6, 6.07) is 21.0. The normalized spacial score (nSPS) is 10.6. The summed E-state index contributed by atoms with van der Waals surface area (Å²) in [5.41, 5.74) is 8.12. The molecule has 1 N–H and O–H groups in total. The van der Waals surface area contributed by atoms with Gasteiger partial charge in [0.15, 0.2) is 0 Å². The van der Waals surface area contributed by atoms with Gasteiger partial charge in [0.25, 0.3) is 0 Å². The van der Waals surface area contributed by atoms with E-state index in [1.807, 2.05) is 68.4 Å². The van der Waals surface area contributed by atoms with E-state index in [4.69, 9.17) is 4.74 Å². The molecular formula is C25H22BrN3O2. The molecule has 0 spiro atoms. The summed E-state index contributed by atoms with van der Waals surface area (Å²) < 4.78 is 6.59. The van der Waals surface area contributed by atoms with E-state index >= 15 is 0 Å². The standard InChI is InChI=1S/C25H22BrN3O2/c1-17-7-8-19(11-18(17)2)13-25(30)29-28-15-20-9-10-24(23(26)12-20)31-16-22-6-4-3-5-21(22)14-27/h3-12,15H,13,16H2,1-2H3,(H,29,30)/b28-15-. The summed E-state index contributed by atoms with van der Waals surface area (Å²) in [6.45, 7) is 4.37. The summed E-state index contributed by atoms with van der Waals surface area (Å²) in [4.78, 5) is 12.1. The van der Waals surface area contributed by atoms with Gasteiger partial charge >= 0.3 is 0 Å². The van der Waals surface area contributed by atoms with E-state index in [0.717, 1.165) is 26.7 Å². The highest BCUT2D eigenvalue weighted by atomic mass is 79.9. The third-order valence-electron chi connectivity index (χ3n) is 4.82. The number of halogens is 1. The van der Waals surface area contributed by atoms with Crippen LogP contribution in [0.2, 0.25) is 0 Å². The summed E-state index contributed by atoms with van der Waals surface area (Å²) in [7, 11) is 0. The molecule has 0 aliphatic heterocycles. The minimum Gasteiger partial charge on any atom is -0.488 e. The summed E-state index contributed by atoms with van der Waals surface area (Å²) >= 11 is 3.49. The topological polar surface area (TPSA) is 74.5 Å². The number of nitrogens with one attached hydrogen (secondary N) is 1. The van der Waals surface area contributed by atoms with Crippen molar-refractivity contribution in [1.82, 2.24) is 5.43 Å². The number of amides is 1. The van der Waals surface area contributed by atoms with Crippen molar-refractivity contribution < 1.29 is 9.53 Å². The zero-order chi connectivity index (χ0) is 22.2. The van der Waals surface area contributed by atoms with Gasteiger partial charge in [-0.05, 0) is 76.3 Å². The molecule has 0 heterocycles. The summed E-state index contributed by atoms with van der Waals surface area (Å²) in [5.74, 6) is 0.485. The lowest BCUT2D eigenvalue weighted by Gasteiger charge is -2.10. The Morgan fingerprint density at radius 1 is 1.13 bits per heavy atom. The summed E-state index contributed by atoms with van der Waals surface area (Å²) in [5, 5.41) is 13.2. The lowest BCUT2D eigenvalue weighted by Crippen LogP contribution is -2.19. The molecule has 6 heteroatoms. The van der Waals surface area contributed by atoms with Crippen LogP contribution < -0.4 is 10.2 Å². The molecule has 0 atom stereocenters. The van der Waals surface area contributed by atoms with Gasteiger partial charge in [0, 0.05) is 5.56 Å². The van der Waals surface area contributed by atoms with Crippen molar-refractivity contribution in [1.29, 1.82) is 5.26 Å². The van der Waals surface area contributed by atoms with Crippen molar-refractivity contribution in [3.8, 4) is 11.8 Å². The zero-order valence-electron chi connectivity index (χ0n) is 17.4. The van der Waals surface area contributed by atoms with E-state index in [1.165, 1.54) is 5.56 Å². The first-order valence-corrected chi connectivity index (χ1v) is 10.5. The molecule has 0 bridgehead atoms. The average Bonchev–Trinajstić information content (AvgIpc) is 2.76. The number of rotatable bonds is 7. The second-order valence-electron chi connectivity index (χ2n) is 7.14. The van der Waals surface area contributed by atoms with Gasteiger partial charge in [-0.3, -0.25) is 4.79 Å². The minimum absolute atomic E-state index is 0.172. The molecule has 0 fully saturated rings. The van der Waals surface area contributed by atoms with Crippen molar-refractivity contribution in [2.45, 2.75) is 26.9 Å². The van der Waals surface area contributed by atoms with Crippen LogP contribution in [0.3, 0.4) is 0 Å². The number of hydrazone groups is 1. The maximum atomic E-state index is 12.1. The number of carbonyl (C=O) groups excluding carboxylic acids is 1. The fourth-order valence-corrected chi connectivity index (χ4v) is 3.45. The van der Waals surface area contributed by atoms with E-state index in [9.17, 15) is 10.1 Å². The first-order valence-electron chi connectivity index (χ1n) is 9.74. The quantitative estimate of drug-likeness (QED) is 0.376. The Bertz CT molecular complexity index is 1170. The van der Waals surface area contributed by atoms with Crippen molar-refractivity contribution in [2.75, 3.05) is 0 Å². The van der Waals surface area contributed by atoms with Crippen LogP contribution in [0, 0.1) is 25.2 Å².